The van der Waals surface area contributed by atoms with Gasteiger partial charge in [0.2, 0.25) is 0 Å². The summed E-state index contributed by atoms with van der Waals surface area (Å²) in [6.45, 7) is 4.15. The molecule has 0 amide bonds. The number of nitrogens with zero attached hydrogens (tertiary/aromatic N) is 1. The molecule has 0 aliphatic heterocycles. The Kier molecular flexibility index (Phi) is 55.2. The fraction of sp³-hybridized carbons (Fsp3) is 0.788. The topological polar surface area (TPSA) is 111 Å². The number of allylic oxidation sites excluding steroid dienone is 12. The molecule has 0 saturated heterocycles. The first kappa shape index (κ1) is 73.5. The zero-order valence-electron chi connectivity index (χ0n) is 50.2. The minimum Gasteiger partial charge on any atom is -0.756 e. The SMILES string of the molecule is CC/C=C\C/C=C\C/C=C\C/C=C\C/C=C\C/C=C\CCCCCCCCCCC(=O)OC(COC(=O)CCCCCCCCCCCCCCCCCCCCCCCCCCC)COP(=O)([O-])OCC[N+](C)(C)C. The van der Waals surface area contributed by atoms with Crippen molar-refractivity contribution in [2.45, 2.75) is 290 Å². The molecule has 2 atom stereocenters. The van der Waals surface area contributed by atoms with E-state index in [2.05, 4.69) is 86.8 Å². The van der Waals surface area contributed by atoms with Gasteiger partial charge in [0.05, 0.1) is 27.7 Å². The van der Waals surface area contributed by atoms with Gasteiger partial charge in [-0.05, 0) is 64.2 Å². The number of phosphoric acid groups is 1. The molecule has 0 aromatic heterocycles. The Morgan fingerprint density at radius 3 is 1.12 bits per heavy atom. The third kappa shape index (κ3) is 60.7. The smallest absolute Gasteiger partial charge is 0.306 e. The second-order valence-corrected chi connectivity index (χ2v) is 23.8. The Bertz CT molecular complexity index is 1510. The molecule has 0 heterocycles. The number of likely N-dealkylation sites (N-methyl/N-ethyl adjacent to an activating group) is 1. The van der Waals surface area contributed by atoms with Gasteiger partial charge in [-0.15, -0.1) is 0 Å². The van der Waals surface area contributed by atoms with E-state index in [1.807, 2.05) is 21.1 Å². The molecule has 0 rings (SSSR count). The van der Waals surface area contributed by atoms with Crippen LogP contribution in [0.2, 0.25) is 0 Å². The van der Waals surface area contributed by atoms with Crippen LogP contribution in [0.5, 0.6) is 0 Å². The van der Waals surface area contributed by atoms with E-state index >= 15 is 0 Å². The van der Waals surface area contributed by atoms with Gasteiger partial charge in [-0.3, -0.25) is 14.2 Å². The minimum atomic E-state index is -4.64. The van der Waals surface area contributed by atoms with Gasteiger partial charge in [0.15, 0.2) is 6.10 Å². The molecule has 0 radical (unpaired) electrons. The van der Waals surface area contributed by atoms with Crippen molar-refractivity contribution in [3.8, 4) is 0 Å². The van der Waals surface area contributed by atoms with E-state index < -0.39 is 26.5 Å². The number of ether oxygens (including phenoxy) is 2. The molecule has 0 fully saturated rings. The highest BCUT2D eigenvalue weighted by atomic mass is 31.2. The van der Waals surface area contributed by atoms with Crippen LogP contribution in [-0.2, 0) is 32.7 Å². The van der Waals surface area contributed by atoms with Crippen molar-refractivity contribution in [2.75, 3.05) is 47.5 Å². The van der Waals surface area contributed by atoms with Gasteiger partial charge in [-0.1, -0.05) is 279 Å². The molecular formula is C66H120NO8P. The molecular weight excluding hydrogens is 966 g/mol. The highest BCUT2D eigenvalue weighted by Gasteiger charge is 2.22. The zero-order chi connectivity index (χ0) is 55.6. The largest absolute Gasteiger partial charge is 0.756 e. The first-order valence-electron chi connectivity index (χ1n) is 31.6. The average Bonchev–Trinajstić information content (AvgIpc) is 3.38. The summed E-state index contributed by atoms with van der Waals surface area (Å²) in [5.41, 5.74) is 0. The van der Waals surface area contributed by atoms with Gasteiger partial charge in [0.1, 0.15) is 19.8 Å². The van der Waals surface area contributed by atoms with E-state index in [9.17, 15) is 19.0 Å². The molecule has 2 unspecified atom stereocenters. The third-order valence-corrected chi connectivity index (χ3v) is 14.7. The van der Waals surface area contributed by atoms with Crippen LogP contribution in [-0.4, -0.2) is 70.0 Å². The second kappa shape index (κ2) is 57.1. The van der Waals surface area contributed by atoms with Crippen LogP contribution in [0.1, 0.15) is 284 Å². The molecule has 9 nitrogen and oxygen atoms in total. The Morgan fingerprint density at radius 1 is 0.421 bits per heavy atom. The third-order valence-electron chi connectivity index (χ3n) is 13.7. The standard InChI is InChI=1S/C66H120NO8P/c1-6-8-10-12-14-16-18-20-22-24-26-28-30-32-33-35-37-39-41-43-45-47-49-51-53-55-57-59-66(69)75-64(63-74-76(70,71)73-61-60-67(3,4)5)62-72-65(68)58-56-54-52-50-48-46-44-42-40-38-36-34-31-29-27-25-23-21-19-17-15-13-11-9-7-2/h8,10,14,16,20,22,26,28,32-33,37,39,64H,6-7,9,11-13,15,17-19,21,23-25,27,29-31,34-36,38,40-63H2,1-5H3/b10-8-,16-14-,22-20-,28-26-,33-32-,39-37-. The number of carbonyl (C=O) groups excluding carboxylic acids is 2. The van der Waals surface area contributed by atoms with Crippen molar-refractivity contribution in [3.63, 3.8) is 0 Å². The fourth-order valence-corrected chi connectivity index (χ4v) is 9.63. The van der Waals surface area contributed by atoms with Crippen molar-refractivity contribution < 1.29 is 42.1 Å². The summed E-state index contributed by atoms with van der Waals surface area (Å²) < 4.78 is 34.2. The lowest BCUT2D eigenvalue weighted by molar-refractivity contribution is -0.870. The first-order valence-corrected chi connectivity index (χ1v) is 33.1. The highest BCUT2D eigenvalue weighted by molar-refractivity contribution is 7.45. The minimum absolute atomic E-state index is 0.0341. The Labute approximate surface area is 469 Å². The van der Waals surface area contributed by atoms with Crippen LogP contribution in [0.15, 0.2) is 72.9 Å². The fourth-order valence-electron chi connectivity index (χ4n) is 8.90. The van der Waals surface area contributed by atoms with Crippen LogP contribution in [0, 0.1) is 0 Å². The van der Waals surface area contributed by atoms with Crippen LogP contribution in [0.4, 0.5) is 0 Å². The summed E-state index contributed by atoms with van der Waals surface area (Å²) in [7, 11) is 1.16. The van der Waals surface area contributed by atoms with E-state index in [1.165, 1.54) is 167 Å². The molecule has 0 aliphatic carbocycles. The lowest BCUT2D eigenvalue weighted by Gasteiger charge is -2.28. The van der Waals surface area contributed by atoms with Gasteiger partial charge < -0.3 is 27.9 Å². The molecule has 0 aliphatic rings. The summed E-state index contributed by atoms with van der Waals surface area (Å²) in [6, 6.07) is 0. The number of quaternary nitrogens is 1. The summed E-state index contributed by atoms with van der Waals surface area (Å²) in [4.78, 5) is 38.0. The number of hydrogen-bond donors (Lipinski definition) is 0. The van der Waals surface area contributed by atoms with E-state index in [4.69, 9.17) is 18.5 Å². The molecule has 0 bridgehead atoms. The maximum absolute atomic E-state index is 12.8. The second-order valence-electron chi connectivity index (χ2n) is 22.4. The predicted octanol–water partition coefficient (Wildman–Crippen LogP) is 19.4. The van der Waals surface area contributed by atoms with Gasteiger partial charge in [-0.25, -0.2) is 0 Å². The maximum atomic E-state index is 12.8. The van der Waals surface area contributed by atoms with Crippen LogP contribution in [0.3, 0.4) is 0 Å². The van der Waals surface area contributed by atoms with Crippen LogP contribution in [0.25, 0.3) is 0 Å². The molecule has 0 aromatic carbocycles. The summed E-state index contributed by atoms with van der Waals surface area (Å²) >= 11 is 0. The first-order chi connectivity index (χ1) is 37.0. The lowest BCUT2D eigenvalue weighted by atomic mass is 10.0. The van der Waals surface area contributed by atoms with Crippen molar-refractivity contribution in [1.29, 1.82) is 0 Å². The maximum Gasteiger partial charge on any atom is 0.306 e. The Hall–Kier alpha value is -2.55. The van der Waals surface area contributed by atoms with Gasteiger partial charge >= 0.3 is 11.9 Å². The van der Waals surface area contributed by atoms with Gasteiger partial charge in [0, 0.05) is 12.8 Å². The zero-order valence-corrected chi connectivity index (χ0v) is 51.1. The summed E-state index contributed by atoms with van der Waals surface area (Å²) in [6.07, 6.45) is 75.3. The lowest BCUT2D eigenvalue weighted by Crippen LogP contribution is -2.37. The number of carbonyl (C=O) groups is 2. The van der Waals surface area contributed by atoms with Crippen LogP contribution >= 0.6 is 7.82 Å². The van der Waals surface area contributed by atoms with Crippen LogP contribution < -0.4 is 4.89 Å². The molecule has 10 heteroatoms. The molecule has 0 spiro atoms. The number of unbranched alkanes of at least 4 members (excludes halogenated alkanes) is 32. The molecule has 0 N–H and O–H groups in total. The number of hydrogen-bond acceptors (Lipinski definition) is 8. The summed E-state index contributed by atoms with van der Waals surface area (Å²) in [5, 5.41) is 0. The Morgan fingerprint density at radius 2 is 0.750 bits per heavy atom. The summed E-state index contributed by atoms with van der Waals surface area (Å²) in [5.74, 6) is -0.834. The normalized spacial score (nSPS) is 13.7. The van der Waals surface area contributed by atoms with Crippen molar-refractivity contribution >= 4 is 19.8 Å². The average molecular weight is 1090 g/mol. The molecule has 0 saturated carbocycles. The number of phosphoric ester groups is 1. The number of rotatable bonds is 58. The molecule has 442 valence electrons. The van der Waals surface area contributed by atoms with Crippen molar-refractivity contribution in [2.24, 2.45) is 0 Å². The highest BCUT2D eigenvalue weighted by Crippen LogP contribution is 2.38. The molecule has 0 aromatic rings. The van der Waals surface area contributed by atoms with E-state index in [0.29, 0.717) is 17.4 Å². The van der Waals surface area contributed by atoms with Crippen molar-refractivity contribution in [1.82, 2.24) is 0 Å². The van der Waals surface area contributed by atoms with Gasteiger partial charge in [-0.2, -0.15) is 0 Å². The Balaban J connectivity index is 4.13. The molecule has 76 heavy (non-hydrogen) atoms. The quantitative estimate of drug-likeness (QED) is 0.0195. The van der Waals surface area contributed by atoms with E-state index in [0.717, 1.165) is 83.5 Å². The predicted molar refractivity (Wildman–Crippen MR) is 323 cm³/mol. The monoisotopic (exact) mass is 1090 g/mol. The van der Waals surface area contributed by atoms with Crippen molar-refractivity contribution in [3.05, 3.63) is 72.9 Å². The number of esters is 2. The van der Waals surface area contributed by atoms with E-state index in [-0.39, 0.29) is 32.0 Å². The van der Waals surface area contributed by atoms with Gasteiger partial charge in [0.25, 0.3) is 7.82 Å². The van der Waals surface area contributed by atoms with E-state index in [1.54, 1.807) is 0 Å².